The number of rotatable bonds is 1. The Hall–Kier alpha value is -1.62. The number of halogens is 2. The minimum absolute atomic E-state index is 0.0630. The molecule has 16 heavy (non-hydrogen) atoms. The van der Waals surface area contributed by atoms with E-state index in [0.717, 1.165) is 6.07 Å². The van der Waals surface area contributed by atoms with Crippen LogP contribution in [-0.2, 0) is 9.59 Å². The Kier molecular flexibility index (Phi) is 2.78. The first kappa shape index (κ1) is 10.9. The van der Waals surface area contributed by atoms with Gasteiger partial charge in [0.1, 0.15) is 12.4 Å². The van der Waals surface area contributed by atoms with Crippen LogP contribution in [0.5, 0.6) is 0 Å². The molecule has 0 aliphatic carbocycles. The molecule has 2 rings (SSSR count). The maximum atomic E-state index is 12.8. The molecule has 1 fully saturated rings. The number of nitrogens with one attached hydrogen (secondary N) is 1. The largest absolute Gasteiger partial charge is 0.345 e. The number of carbonyl (C=O) groups is 2. The second-order valence-corrected chi connectivity index (χ2v) is 3.76. The van der Waals surface area contributed by atoms with Crippen molar-refractivity contribution in [2.24, 2.45) is 0 Å². The molecular weight excluding hydrogens is 235 g/mol. The highest BCUT2D eigenvalue weighted by Gasteiger charge is 2.25. The fourth-order valence-electron chi connectivity index (χ4n) is 1.48. The number of hydrogen-bond donors (Lipinski definition) is 1. The highest BCUT2D eigenvalue weighted by Crippen LogP contribution is 2.27. The second-order valence-electron chi connectivity index (χ2n) is 3.35. The van der Waals surface area contributed by atoms with Gasteiger partial charge in [0.2, 0.25) is 11.8 Å². The lowest BCUT2D eigenvalue weighted by Gasteiger charge is -2.27. The van der Waals surface area contributed by atoms with Gasteiger partial charge in [0.15, 0.2) is 0 Å². The zero-order valence-electron chi connectivity index (χ0n) is 8.17. The van der Waals surface area contributed by atoms with Crippen LogP contribution in [0.1, 0.15) is 0 Å². The number of hydrogen-bond acceptors (Lipinski definition) is 2. The molecular formula is C10H8ClFN2O2. The van der Waals surface area contributed by atoms with Crippen LogP contribution in [0.4, 0.5) is 10.1 Å². The Morgan fingerprint density at radius 3 is 2.81 bits per heavy atom. The van der Waals surface area contributed by atoms with E-state index in [1.54, 1.807) is 0 Å². The van der Waals surface area contributed by atoms with Gasteiger partial charge in [-0.3, -0.25) is 14.5 Å². The first-order valence-corrected chi connectivity index (χ1v) is 4.98. The van der Waals surface area contributed by atoms with Crippen molar-refractivity contribution in [3.63, 3.8) is 0 Å². The maximum Gasteiger partial charge on any atom is 0.246 e. The standard InChI is InChI=1S/C10H8ClFN2O2/c11-7-3-6(12)1-2-8(7)14-5-9(15)13-4-10(14)16/h1-3H,4-5H2,(H,13,15). The Labute approximate surface area is 96.0 Å². The average Bonchev–Trinajstić information content (AvgIpc) is 2.22. The predicted octanol–water partition coefficient (Wildman–Crippen LogP) is 0.942. The molecule has 1 aliphatic heterocycles. The predicted molar refractivity (Wildman–Crippen MR) is 56.8 cm³/mol. The summed E-state index contributed by atoms with van der Waals surface area (Å²) in [6.07, 6.45) is 0. The SMILES string of the molecule is O=C1CN(c2ccc(F)cc2Cl)C(=O)CN1. The van der Waals surface area contributed by atoms with Gasteiger partial charge in [0, 0.05) is 0 Å². The fraction of sp³-hybridized carbons (Fsp3) is 0.200. The second kappa shape index (κ2) is 4.09. The van der Waals surface area contributed by atoms with Crippen molar-refractivity contribution in [2.45, 2.75) is 0 Å². The van der Waals surface area contributed by atoms with Crippen LogP contribution >= 0.6 is 11.6 Å². The Bertz CT molecular complexity index is 464. The number of carbonyl (C=O) groups excluding carboxylic acids is 2. The number of benzene rings is 1. The zero-order valence-corrected chi connectivity index (χ0v) is 8.92. The van der Waals surface area contributed by atoms with Crippen molar-refractivity contribution in [3.05, 3.63) is 29.0 Å². The molecule has 0 unspecified atom stereocenters. The van der Waals surface area contributed by atoms with Gasteiger partial charge in [-0.1, -0.05) is 11.6 Å². The van der Waals surface area contributed by atoms with E-state index in [4.69, 9.17) is 11.6 Å². The van der Waals surface area contributed by atoms with E-state index in [1.807, 2.05) is 0 Å². The van der Waals surface area contributed by atoms with Crippen LogP contribution < -0.4 is 10.2 Å². The summed E-state index contributed by atoms with van der Waals surface area (Å²) in [6.45, 7) is -0.156. The van der Waals surface area contributed by atoms with E-state index in [2.05, 4.69) is 5.32 Å². The monoisotopic (exact) mass is 242 g/mol. The van der Waals surface area contributed by atoms with Crippen LogP contribution in [0.2, 0.25) is 5.02 Å². The normalized spacial score (nSPS) is 16.2. The molecule has 84 valence electrons. The molecule has 0 radical (unpaired) electrons. The lowest BCUT2D eigenvalue weighted by molar-refractivity contribution is -0.128. The first-order valence-electron chi connectivity index (χ1n) is 4.60. The smallest absolute Gasteiger partial charge is 0.246 e. The molecule has 1 aromatic carbocycles. The first-order chi connectivity index (χ1) is 7.58. The number of amides is 2. The molecule has 1 N–H and O–H groups in total. The summed E-state index contributed by atoms with van der Waals surface area (Å²) in [6, 6.07) is 3.69. The summed E-state index contributed by atoms with van der Waals surface area (Å²) < 4.78 is 12.8. The minimum Gasteiger partial charge on any atom is -0.345 e. The summed E-state index contributed by atoms with van der Waals surface area (Å²) in [5.74, 6) is -1.02. The molecule has 0 saturated carbocycles. The number of nitrogens with zero attached hydrogens (tertiary/aromatic N) is 1. The van der Waals surface area contributed by atoms with E-state index >= 15 is 0 Å². The molecule has 1 aromatic rings. The van der Waals surface area contributed by atoms with Crippen molar-refractivity contribution in [2.75, 3.05) is 18.0 Å². The molecule has 0 aromatic heterocycles. The van der Waals surface area contributed by atoms with Crippen LogP contribution in [0.3, 0.4) is 0 Å². The Morgan fingerprint density at radius 2 is 2.12 bits per heavy atom. The molecule has 4 nitrogen and oxygen atoms in total. The molecule has 1 heterocycles. The molecule has 0 spiro atoms. The molecule has 1 saturated heterocycles. The van der Waals surface area contributed by atoms with Crippen LogP contribution in [0.15, 0.2) is 18.2 Å². The summed E-state index contributed by atoms with van der Waals surface area (Å²) in [5.41, 5.74) is 0.350. The molecule has 1 aliphatic rings. The van der Waals surface area contributed by atoms with E-state index in [1.165, 1.54) is 17.0 Å². The highest BCUT2D eigenvalue weighted by atomic mass is 35.5. The molecule has 6 heteroatoms. The third kappa shape index (κ3) is 1.99. The van der Waals surface area contributed by atoms with Crippen molar-refractivity contribution >= 4 is 29.1 Å². The van der Waals surface area contributed by atoms with Crippen LogP contribution in [0, 0.1) is 5.82 Å². The zero-order chi connectivity index (χ0) is 11.7. The van der Waals surface area contributed by atoms with Gasteiger partial charge in [-0.15, -0.1) is 0 Å². The molecule has 0 atom stereocenters. The summed E-state index contributed by atoms with van der Waals surface area (Å²) in [4.78, 5) is 23.9. The van der Waals surface area contributed by atoms with E-state index in [0.29, 0.717) is 5.69 Å². The van der Waals surface area contributed by atoms with Gasteiger partial charge in [-0.05, 0) is 18.2 Å². The topological polar surface area (TPSA) is 49.4 Å². The summed E-state index contributed by atoms with van der Waals surface area (Å²) >= 11 is 5.81. The van der Waals surface area contributed by atoms with Crippen LogP contribution in [0.25, 0.3) is 0 Å². The van der Waals surface area contributed by atoms with Gasteiger partial charge >= 0.3 is 0 Å². The highest BCUT2D eigenvalue weighted by molar-refractivity contribution is 6.34. The average molecular weight is 243 g/mol. The molecule has 2 amide bonds. The lowest BCUT2D eigenvalue weighted by atomic mass is 10.2. The lowest BCUT2D eigenvalue weighted by Crippen LogP contribution is -2.51. The van der Waals surface area contributed by atoms with E-state index < -0.39 is 5.82 Å². The van der Waals surface area contributed by atoms with Crippen LogP contribution in [-0.4, -0.2) is 24.9 Å². The Morgan fingerprint density at radius 1 is 1.38 bits per heavy atom. The van der Waals surface area contributed by atoms with Crippen molar-refractivity contribution in [1.29, 1.82) is 0 Å². The number of anilines is 1. The van der Waals surface area contributed by atoms with Crippen molar-refractivity contribution in [1.82, 2.24) is 5.32 Å². The summed E-state index contributed by atoms with van der Waals surface area (Å²) in [7, 11) is 0. The van der Waals surface area contributed by atoms with Crippen molar-refractivity contribution in [3.8, 4) is 0 Å². The van der Waals surface area contributed by atoms with E-state index in [9.17, 15) is 14.0 Å². The number of piperazine rings is 1. The maximum absolute atomic E-state index is 12.8. The van der Waals surface area contributed by atoms with Crippen molar-refractivity contribution < 1.29 is 14.0 Å². The summed E-state index contributed by atoms with van der Waals surface area (Å²) in [5, 5.41) is 2.53. The van der Waals surface area contributed by atoms with Gasteiger partial charge in [-0.25, -0.2) is 4.39 Å². The van der Waals surface area contributed by atoms with E-state index in [-0.39, 0.29) is 29.9 Å². The quantitative estimate of drug-likeness (QED) is 0.797. The third-order valence-corrected chi connectivity index (χ3v) is 2.54. The van der Waals surface area contributed by atoms with Gasteiger partial charge in [0.25, 0.3) is 0 Å². The van der Waals surface area contributed by atoms with Gasteiger partial charge in [-0.2, -0.15) is 0 Å². The van der Waals surface area contributed by atoms with Gasteiger partial charge in [0.05, 0.1) is 17.3 Å². The van der Waals surface area contributed by atoms with Gasteiger partial charge < -0.3 is 5.32 Å². The minimum atomic E-state index is -0.484. The fourth-order valence-corrected chi connectivity index (χ4v) is 1.75. The third-order valence-electron chi connectivity index (χ3n) is 2.24. The Balaban J connectivity index is 2.35. The molecule has 0 bridgehead atoms.